The fourth-order valence-electron chi connectivity index (χ4n) is 1.04. The van der Waals surface area contributed by atoms with Gasteiger partial charge in [-0.05, 0) is 12.1 Å². The van der Waals surface area contributed by atoms with Crippen molar-refractivity contribution in [3.63, 3.8) is 0 Å². The number of rotatable bonds is 4. The SMILES string of the molecule is C=C(CSC(=S)N(C)C)C(=O)c1cccnc1. The highest BCUT2D eigenvalue weighted by atomic mass is 32.2. The lowest BCUT2D eigenvalue weighted by atomic mass is 10.1. The molecule has 0 radical (unpaired) electrons. The van der Waals surface area contributed by atoms with Gasteiger partial charge in [0, 0.05) is 43.4 Å². The minimum absolute atomic E-state index is 0.0767. The van der Waals surface area contributed by atoms with Crippen LogP contribution in [0.3, 0.4) is 0 Å². The van der Waals surface area contributed by atoms with E-state index in [1.807, 2.05) is 19.0 Å². The lowest BCUT2D eigenvalue weighted by Gasteiger charge is -2.12. The van der Waals surface area contributed by atoms with Gasteiger partial charge in [0.1, 0.15) is 4.32 Å². The highest BCUT2D eigenvalue weighted by Crippen LogP contribution is 2.14. The van der Waals surface area contributed by atoms with Gasteiger partial charge >= 0.3 is 0 Å². The molecule has 0 saturated carbocycles. The molecule has 17 heavy (non-hydrogen) atoms. The Morgan fingerprint density at radius 2 is 2.29 bits per heavy atom. The Balaban J connectivity index is 2.55. The van der Waals surface area contributed by atoms with Crippen LogP contribution in [0.5, 0.6) is 0 Å². The van der Waals surface area contributed by atoms with Crippen molar-refractivity contribution in [2.45, 2.75) is 0 Å². The van der Waals surface area contributed by atoms with E-state index in [-0.39, 0.29) is 5.78 Å². The number of aromatic nitrogens is 1. The third kappa shape index (κ3) is 4.28. The molecule has 1 aromatic rings. The summed E-state index contributed by atoms with van der Waals surface area (Å²) < 4.78 is 0.741. The molecule has 0 fully saturated rings. The van der Waals surface area contributed by atoms with Gasteiger partial charge in [0.2, 0.25) is 0 Å². The molecule has 0 aliphatic rings. The van der Waals surface area contributed by atoms with Crippen LogP contribution in [0.1, 0.15) is 10.4 Å². The summed E-state index contributed by atoms with van der Waals surface area (Å²) in [4.78, 5) is 17.7. The topological polar surface area (TPSA) is 33.2 Å². The second-order valence-corrected chi connectivity index (χ2v) is 5.23. The third-order valence-corrected chi connectivity index (χ3v) is 3.80. The first kappa shape index (κ1) is 13.9. The van der Waals surface area contributed by atoms with Gasteiger partial charge in [-0.1, -0.05) is 30.6 Å². The highest BCUT2D eigenvalue weighted by molar-refractivity contribution is 8.23. The van der Waals surface area contributed by atoms with Crippen molar-refractivity contribution in [1.82, 2.24) is 9.88 Å². The van der Waals surface area contributed by atoms with Gasteiger partial charge in [0.25, 0.3) is 0 Å². The minimum atomic E-state index is -0.0767. The number of thiocarbonyl (C=S) groups is 1. The average molecular weight is 266 g/mol. The summed E-state index contributed by atoms with van der Waals surface area (Å²) in [6.45, 7) is 3.79. The van der Waals surface area contributed by atoms with Crippen LogP contribution in [-0.2, 0) is 0 Å². The molecular formula is C12H14N2OS2. The maximum absolute atomic E-state index is 11.9. The van der Waals surface area contributed by atoms with Crippen LogP contribution in [0.15, 0.2) is 36.7 Å². The van der Waals surface area contributed by atoms with E-state index in [1.54, 1.807) is 24.5 Å². The minimum Gasteiger partial charge on any atom is -0.364 e. The van der Waals surface area contributed by atoms with Gasteiger partial charge < -0.3 is 4.90 Å². The normalized spacial score (nSPS) is 9.76. The number of thioether (sulfide) groups is 1. The van der Waals surface area contributed by atoms with E-state index in [0.717, 1.165) is 4.32 Å². The van der Waals surface area contributed by atoms with Crippen molar-refractivity contribution in [2.75, 3.05) is 19.8 Å². The molecule has 0 spiro atoms. The number of pyridine rings is 1. The Bertz CT molecular complexity index is 429. The van der Waals surface area contributed by atoms with E-state index in [0.29, 0.717) is 16.9 Å². The van der Waals surface area contributed by atoms with Gasteiger partial charge in [0.05, 0.1) is 0 Å². The first-order chi connectivity index (χ1) is 8.02. The van der Waals surface area contributed by atoms with E-state index < -0.39 is 0 Å². The summed E-state index contributed by atoms with van der Waals surface area (Å²) in [6, 6.07) is 3.47. The van der Waals surface area contributed by atoms with Crippen molar-refractivity contribution >= 4 is 34.1 Å². The zero-order valence-electron chi connectivity index (χ0n) is 9.84. The number of nitrogens with zero attached hydrogens (tertiary/aromatic N) is 2. The second kappa shape index (κ2) is 6.51. The Labute approximate surface area is 111 Å². The Morgan fingerprint density at radius 3 is 2.82 bits per heavy atom. The second-order valence-electron chi connectivity index (χ2n) is 3.62. The van der Waals surface area contributed by atoms with Crippen LogP contribution in [0, 0.1) is 0 Å². The molecule has 0 bridgehead atoms. The largest absolute Gasteiger partial charge is 0.364 e. The summed E-state index contributed by atoms with van der Waals surface area (Å²) in [6.07, 6.45) is 3.18. The van der Waals surface area contributed by atoms with Crippen molar-refractivity contribution in [2.24, 2.45) is 0 Å². The van der Waals surface area contributed by atoms with Crippen LogP contribution in [-0.4, -0.2) is 39.8 Å². The van der Waals surface area contributed by atoms with Crippen LogP contribution in [0.4, 0.5) is 0 Å². The van der Waals surface area contributed by atoms with Crippen LogP contribution < -0.4 is 0 Å². The van der Waals surface area contributed by atoms with Gasteiger partial charge in [-0.25, -0.2) is 0 Å². The van der Waals surface area contributed by atoms with E-state index in [1.165, 1.54) is 11.8 Å². The first-order valence-corrected chi connectivity index (χ1v) is 6.38. The van der Waals surface area contributed by atoms with Crippen molar-refractivity contribution in [1.29, 1.82) is 0 Å². The number of hydrogen-bond donors (Lipinski definition) is 0. The molecule has 0 saturated heterocycles. The number of ketones is 1. The van der Waals surface area contributed by atoms with Crippen LogP contribution >= 0.6 is 24.0 Å². The standard InChI is InChI=1S/C12H14N2OS2/c1-9(8-17-12(16)14(2)3)11(15)10-5-4-6-13-7-10/h4-7H,1,8H2,2-3H3. The summed E-state index contributed by atoms with van der Waals surface area (Å²) in [5.41, 5.74) is 1.10. The molecule has 5 heteroatoms. The summed E-state index contributed by atoms with van der Waals surface area (Å²) in [5.74, 6) is 0.428. The molecule has 0 aliphatic carbocycles. The van der Waals surface area contributed by atoms with Gasteiger partial charge in [-0.2, -0.15) is 0 Å². The monoisotopic (exact) mass is 266 g/mol. The molecule has 1 rings (SSSR count). The molecule has 1 heterocycles. The predicted molar refractivity (Wildman–Crippen MR) is 76.5 cm³/mol. The first-order valence-electron chi connectivity index (χ1n) is 4.99. The fourth-order valence-corrected chi connectivity index (χ4v) is 1.91. The Hall–Kier alpha value is -1.20. The summed E-state index contributed by atoms with van der Waals surface area (Å²) >= 11 is 6.56. The maximum atomic E-state index is 11.9. The predicted octanol–water partition coefficient (Wildman–Crippen LogP) is 2.40. The van der Waals surface area contributed by atoms with Crippen molar-refractivity contribution in [3.05, 3.63) is 42.2 Å². The van der Waals surface area contributed by atoms with Crippen molar-refractivity contribution < 1.29 is 4.79 Å². The van der Waals surface area contributed by atoms with E-state index >= 15 is 0 Å². The Kier molecular flexibility index (Phi) is 5.31. The van der Waals surface area contributed by atoms with Gasteiger partial charge in [-0.3, -0.25) is 9.78 Å². The molecule has 0 amide bonds. The number of carbonyl (C=O) groups is 1. The number of Topliss-reactive ketones (excluding diaryl/α,β-unsaturated/α-hetero) is 1. The molecule has 0 unspecified atom stereocenters. The molecule has 0 atom stereocenters. The maximum Gasteiger partial charge on any atom is 0.190 e. The van der Waals surface area contributed by atoms with Gasteiger partial charge in [-0.15, -0.1) is 0 Å². The molecule has 3 nitrogen and oxygen atoms in total. The van der Waals surface area contributed by atoms with Crippen molar-refractivity contribution in [3.8, 4) is 0 Å². The number of carbonyl (C=O) groups excluding carboxylic acids is 1. The summed E-state index contributed by atoms with van der Waals surface area (Å²) in [7, 11) is 3.75. The zero-order valence-corrected chi connectivity index (χ0v) is 11.5. The fraction of sp³-hybridized carbons (Fsp3) is 0.250. The highest BCUT2D eigenvalue weighted by Gasteiger charge is 2.11. The molecule has 1 aromatic heterocycles. The molecule has 90 valence electrons. The quantitative estimate of drug-likeness (QED) is 0.475. The average Bonchev–Trinajstić information content (AvgIpc) is 2.35. The van der Waals surface area contributed by atoms with Gasteiger partial charge in [0.15, 0.2) is 5.78 Å². The van der Waals surface area contributed by atoms with E-state index in [2.05, 4.69) is 11.6 Å². The molecular weight excluding hydrogens is 252 g/mol. The third-order valence-electron chi connectivity index (χ3n) is 1.98. The van der Waals surface area contributed by atoms with Crippen LogP contribution in [0.2, 0.25) is 0 Å². The molecule has 0 aliphatic heterocycles. The smallest absolute Gasteiger partial charge is 0.190 e. The Morgan fingerprint density at radius 1 is 1.59 bits per heavy atom. The summed E-state index contributed by atoms with van der Waals surface area (Å²) in [5, 5.41) is 0. The molecule has 0 aromatic carbocycles. The lowest BCUT2D eigenvalue weighted by molar-refractivity contribution is 0.103. The lowest BCUT2D eigenvalue weighted by Crippen LogP contribution is -2.17. The van der Waals surface area contributed by atoms with E-state index in [4.69, 9.17) is 12.2 Å². The van der Waals surface area contributed by atoms with E-state index in [9.17, 15) is 4.79 Å². The van der Waals surface area contributed by atoms with Crippen LogP contribution in [0.25, 0.3) is 0 Å². The zero-order chi connectivity index (χ0) is 12.8. The molecule has 0 N–H and O–H groups in total. The number of hydrogen-bond acceptors (Lipinski definition) is 4.